The first-order valence-electron chi connectivity index (χ1n) is 6.62. The van der Waals surface area contributed by atoms with Crippen LogP contribution in [0.3, 0.4) is 0 Å². The molecule has 0 radical (unpaired) electrons. The molecule has 0 unspecified atom stereocenters. The van der Waals surface area contributed by atoms with Crippen molar-refractivity contribution in [1.29, 1.82) is 0 Å². The van der Waals surface area contributed by atoms with Crippen LogP contribution in [0, 0.1) is 0 Å². The first-order valence-corrected chi connectivity index (χ1v) is 7.50. The van der Waals surface area contributed by atoms with Crippen molar-refractivity contribution in [2.75, 3.05) is 6.54 Å². The number of carbonyl (C=O) groups excluding carboxylic acids is 1. The summed E-state index contributed by atoms with van der Waals surface area (Å²) in [6.07, 6.45) is 1.71. The van der Waals surface area contributed by atoms with Crippen LogP contribution in [0.4, 0.5) is 0 Å². The van der Waals surface area contributed by atoms with E-state index in [2.05, 4.69) is 5.32 Å². The highest BCUT2D eigenvalue weighted by Crippen LogP contribution is 2.21. The lowest BCUT2D eigenvalue weighted by Gasteiger charge is -2.26. The van der Waals surface area contributed by atoms with E-state index in [0.717, 1.165) is 18.2 Å². The molecule has 0 fully saturated rings. The van der Waals surface area contributed by atoms with Gasteiger partial charge in [-0.3, -0.25) is 4.79 Å². The van der Waals surface area contributed by atoms with Gasteiger partial charge < -0.3 is 11.1 Å². The lowest BCUT2D eigenvalue weighted by molar-refractivity contribution is 0.0942. The smallest absolute Gasteiger partial charge is 0.251 e. The third kappa shape index (κ3) is 3.14. The van der Waals surface area contributed by atoms with E-state index in [-0.39, 0.29) is 11.4 Å². The van der Waals surface area contributed by atoms with Crippen molar-refractivity contribution in [3.8, 4) is 0 Å². The van der Waals surface area contributed by atoms with Crippen LogP contribution in [0.2, 0.25) is 0 Å². The van der Waals surface area contributed by atoms with Crippen LogP contribution < -0.4 is 11.1 Å². The number of hydrogen-bond donors (Lipinski definition) is 2. The van der Waals surface area contributed by atoms with E-state index in [0.29, 0.717) is 12.1 Å². The first kappa shape index (κ1) is 14.0. The molecule has 0 aliphatic carbocycles. The minimum Gasteiger partial charge on any atom is -0.350 e. The minimum absolute atomic E-state index is 0.0511. The van der Waals surface area contributed by atoms with Gasteiger partial charge in [-0.05, 0) is 47.9 Å². The van der Waals surface area contributed by atoms with Crippen molar-refractivity contribution < 1.29 is 4.79 Å². The number of fused-ring (bicyclic) bond motifs is 1. The first-order chi connectivity index (χ1) is 9.08. The molecule has 102 valence electrons. The third-order valence-corrected chi connectivity index (χ3v) is 4.62. The Bertz CT molecular complexity index is 572. The van der Waals surface area contributed by atoms with Gasteiger partial charge >= 0.3 is 0 Å². The number of hydrogen-bond acceptors (Lipinski definition) is 3. The fourth-order valence-corrected chi connectivity index (χ4v) is 2.74. The highest BCUT2D eigenvalue weighted by atomic mass is 32.1. The second kappa shape index (κ2) is 5.72. The molecular formula is C15H20N2OS. The second-order valence-electron chi connectivity index (χ2n) is 4.93. The average molecular weight is 276 g/mol. The minimum atomic E-state index is -0.303. The van der Waals surface area contributed by atoms with Gasteiger partial charge in [0.05, 0.1) is 0 Å². The van der Waals surface area contributed by atoms with Gasteiger partial charge in [-0.1, -0.05) is 13.8 Å². The molecule has 1 aromatic heterocycles. The molecule has 1 aromatic carbocycles. The Hall–Kier alpha value is -1.39. The highest BCUT2D eigenvalue weighted by Gasteiger charge is 2.21. The molecule has 0 spiro atoms. The van der Waals surface area contributed by atoms with Crippen LogP contribution in [-0.4, -0.2) is 18.0 Å². The van der Waals surface area contributed by atoms with Crippen molar-refractivity contribution in [2.45, 2.75) is 32.2 Å². The Morgan fingerprint density at radius 3 is 2.74 bits per heavy atom. The van der Waals surface area contributed by atoms with E-state index in [9.17, 15) is 4.79 Å². The quantitative estimate of drug-likeness (QED) is 0.881. The summed E-state index contributed by atoms with van der Waals surface area (Å²) in [6.45, 7) is 4.61. The Morgan fingerprint density at radius 2 is 2.05 bits per heavy atom. The van der Waals surface area contributed by atoms with Crippen LogP contribution in [0.15, 0.2) is 29.6 Å². The SMILES string of the molecule is CCC(N)(CC)CNC(=O)c1ccc2sccc2c1. The lowest BCUT2D eigenvalue weighted by Crippen LogP contribution is -2.49. The summed E-state index contributed by atoms with van der Waals surface area (Å²) in [5.74, 6) is -0.0511. The molecule has 4 heteroatoms. The second-order valence-corrected chi connectivity index (χ2v) is 5.87. The number of thiophene rings is 1. The zero-order chi connectivity index (χ0) is 13.9. The van der Waals surface area contributed by atoms with Gasteiger partial charge in [-0.25, -0.2) is 0 Å². The summed E-state index contributed by atoms with van der Waals surface area (Å²) in [7, 11) is 0. The van der Waals surface area contributed by atoms with Crippen LogP contribution in [0.25, 0.3) is 10.1 Å². The van der Waals surface area contributed by atoms with Crippen LogP contribution in [0.1, 0.15) is 37.0 Å². The molecule has 0 atom stereocenters. The normalized spacial score (nSPS) is 11.7. The molecule has 0 aliphatic rings. The molecule has 0 aliphatic heterocycles. The highest BCUT2D eigenvalue weighted by molar-refractivity contribution is 7.17. The maximum Gasteiger partial charge on any atom is 0.251 e. The molecule has 0 bridgehead atoms. The van der Waals surface area contributed by atoms with Crippen molar-refractivity contribution in [1.82, 2.24) is 5.32 Å². The summed E-state index contributed by atoms with van der Waals surface area (Å²) in [5, 5.41) is 6.08. The van der Waals surface area contributed by atoms with Crippen LogP contribution in [0.5, 0.6) is 0 Å². The van der Waals surface area contributed by atoms with Gasteiger partial charge in [0.25, 0.3) is 5.91 Å². The summed E-state index contributed by atoms with van der Waals surface area (Å²) < 4.78 is 1.20. The van der Waals surface area contributed by atoms with E-state index in [1.54, 1.807) is 11.3 Å². The van der Waals surface area contributed by atoms with E-state index in [4.69, 9.17) is 5.73 Å². The topological polar surface area (TPSA) is 55.1 Å². The van der Waals surface area contributed by atoms with Gasteiger partial charge in [0, 0.05) is 22.3 Å². The van der Waals surface area contributed by atoms with Gasteiger partial charge in [-0.2, -0.15) is 0 Å². The number of nitrogens with two attached hydrogens (primary N) is 1. The van der Waals surface area contributed by atoms with Crippen molar-refractivity contribution in [2.24, 2.45) is 5.73 Å². The van der Waals surface area contributed by atoms with E-state index in [1.807, 2.05) is 43.5 Å². The Balaban J connectivity index is 2.07. The Labute approximate surface area is 117 Å². The van der Waals surface area contributed by atoms with Gasteiger partial charge in [0.15, 0.2) is 0 Å². The standard InChI is InChI=1S/C15H20N2OS/c1-3-15(16,4-2)10-17-14(18)12-5-6-13-11(9-12)7-8-19-13/h5-9H,3-4,10,16H2,1-2H3,(H,17,18). The van der Waals surface area contributed by atoms with Gasteiger partial charge in [0.1, 0.15) is 0 Å². The predicted molar refractivity (Wildman–Crippen MR) is 81.7 cm³/mol. The number of amides is 1. The zero-order valence-electron chi connectivity index (χ0n) is 11.4. The lowest BCUT2D eigenvalue weighted by atomic mass is 9.94. The maximum absolute atomic E-state index is 12.1. The number of carbonyl (C=O) groups is 1. The van der Waals surface area contributed by atoms with Crippen molar-refractivity contribution >= 4 is 27.3 Å². The fourth-order valence-electron chi connectivity index (χ4n) is 1.97. The molecular weight excluding hydrogens is 256 g/mol. The fraction of sp³-hybridized carbons (Fsp3) is 0.400. The molecule has 3 N–H and O–H groups in total. The monoisotopic (exact) mass is 276 g/mol. The molecule has 1 heterocycles. The van der Waals surface area contributed by atoms with Crippen molar-refractivity contribution in [3.63, 3.8) is 0 Å². The van der Waals surface area contributed by atoms with Gasteiger partial charge in [-0.15, -0.1) is 11.3 Å². The summed E-state index contributed by atoms with van der Waals surface area (Å²) in [4.78, 5) is 12.1. The van der Waals surface area contributed by atoms with E-state index < -0.39 is 0 Å². The third-order valence-electron chi connectivity index (χ3n) is 3.72. The molecule has 0 saturated heterocycles. The predicted octanol–water partition coefficient (Wildman–Crippen LogP) is 3.15. The summed E-state index contributed by atoms with van der Waals surface area (Å²) in [5.41, 5.74) is 6.58. The molecule has 19 heavy (non-hydrogen) atoms. The average Bonchev–Trinajstić information content (AvgIpc) is 2.91. The molecule has 0 saturated carbocycles. The van der Waals surface area contributed by atoms with Gasteiger partial charge in [0.2, 0.25) is 0 Å². The number of nitrogens with one attached hydrogen (secondary N) is 1. The molecule has 2 aromatic rings. The van der Waals surface area contributed by atoms with E-state index in [1.165, 1.54) is 4.70 Å². The largest absolute Gasteiger partial charge is 0.350 e. The number of benzene rings is 1. The molecule has 3 nitrogen and oxygen atoms in total. The maximum atomic E-state index is 12.1. The molecule has 2 rings (SSSR count). The van der Waals surface area contributed by atoms with Crippen LogP contribution in [-0.2, 0) is 0 Å². The zero-order valence-corrected chi connectivity index (χ0v) is 12.2. The Kier molecular flexibility index (Phi) is 4.22. The van der Waals surface area contributed by atoms with Crippen LogP contribution >= 0.6 is 11.3 Å². The Morgan fingerprint density at radius 1 is 1.32 bits per heavy atom. The van der Waals surface area contributed by atoms with Crippen molar-refractivity contribution in [3.05, 3.63) is 35.2 Å². The molecule has 1 amide bonds. The summed E-state index contributed by atoms with van der Waals surface area (Å²) in [6, 6.07) is 7.81. The summed E-state index contributed by atoms with van der Waals surface area (Å²) >= 11 is 1.68. The van der Waals surface area contributed by atoms with E-state index >= 15 is 0 Å². The number of rotatable bonds is 5.